The fourth-order valence-corrected chi connectivity index (χ4v) is 1.92. The van der Waals surface area contributed by atoms with E-state index in [1.54, 1.807) is 12.1 Å². The molecule has 0 atom stereocenters. The molecule has 2 aromatic carbocycles. The number of Topliss-reactive ketones (excluding diaryl/α,β-unsaturated/α-hetero) is 1. The molecule has 0 heterocycles. The average molecular weight is 303 g/mol. The molecule has 22 heavy (non-hydrogen) atoms. The molecule has 0 radical (unpaired) electrons. The average Bonchev–Trinajstić information content (AvgIpc) is 2.49. The van der Waals surface area contributed by atoms with Gasteiger partial charge in [-0.3, -0.25) is 9.59 Å². The summed E-state index contributed by atoms with van der Waals surface area (Å²) >= 11 is 0. The van der Waals surface area contributed by atoms with Crippen molar-refractivity contribution in [2.45, 2.75) is 19.8 Å². The van der Waals surface area contributed by atoms with E-state index in [1.807, 2.05) is 19.1 Å². The maximum Gasteiger partial charge on any atom is 0.224 e. The van der Waals surface area contributed by atoms with Gasteiger partial charge in [-0.15, -0.1) is 0 Å². The zero-order chi connectivity index (χ0) is 16.1. The van der Waals surface area contributed by atoms with Gasteiger partial charge < -0.3 is 5.32 Å². The summed E-state index contributed by atoms with van der Waals surface area (Å²) in [5, 5.41) is 2.26. The topological polar surface area (TPSA) is 46.2 Å². The van der Waals surface area contributed by atoms with Crippen LogP contribution in [0.15, 0.2) is 42.5 Å². The number of rotatable bonds is 5. The van der Waals surface area contributed by atoms with E-state index in [9.17, 15) is 18.4 Å². The first-order valence-electron chi connectivity index (χ1n) is 6.80. The zero-order valence-corrected chi connectivity index (χ0v) is 12.0. The van der Waals surface area contributed by atoms with E-state index in [0.717, 1.165) is 23.8 Å². The molecular formula is C17H15F2NO2. The number of amides is 1. The maximum absolute atomic E-state index is 13.4. The molecule has 0 aliphatic rings. The van der Waals surface area contributed by atoms with Gasteiger partial charge in [0.2, 0.25) is 5.91 Å². The van der Waals surface area contributed by atoms with Crippen molar-refractivity contribution in [2.24, 2.45) is 0 Å². The van der Waals surface area contributed by atoms with E-state index in [1.165, 1.54) is 0 Å². The SMILES string of the molecule is Cc1ccc(C(=O)CCC(=O)Nc2cc(F)ccc2F)cc1. The van der Waals surface area contributed by atoms with Crippen LogP contribution in [0.5, 0.6) is 0 Å². The first-order valence-corrected chi connectivity index (χ1v) is 6.80. The Morgan fingerprint density at radius 2 is 1.68 bits per heavy atom. The third-order valence-electron chi connectivity index (χ3n) is 3.16. The van der Waals surface area contributed by atoms with Crippen molar-refractivity contribution >= 4 is 17.4 Å². The summed E-state index contributed by atoms with van der Waals surface area (Å²) in [6.07, 6.45) is -0.0888. The van der Waals surface area contributed by atoms with Crippen molar-refractivity contribution < 1.29 is 18.4 Å². The number of ketones is 1. The molecule has 0 fully saturated rings. The summed E-state index contributed by atoms with van der Waals surface area (Å²) in [7, 11) is 0. The van der Waals surface area contributed by atoms with Crippen LogP contribution in [-0.4, -0.2) is 11.7 Å². The second kappa shape index (κ2) is 6.93. The molecule has 0 aliphatic carbocycles. The Balaban J connectivity index is 1.91. The Labute approximate surface area is 127 Å². The zero-order valence-electron chi connectivity index (χ0n) is 12.0. The molecule has 0 bridgehead atoms. The Morgan fingerprint density at radius 1 is 1.00 bits per heavy atom. The minimum atomic E-state index is -0.723. The van der Waals surface area contributed by atoms with Crippen LogP contribution < -0.4 is 5.32 Å². The second-order valence-corrected chi connectivity index (χ2v) is 4.96. The summed E-state index contributed by atoms with van der Waals surface area (Å²) in [6.45, 7) is 1.91. The number of hydrogen-bond donors (Lipinski definition) is 1. The molecule has 2 aromatic rings. The summed E-state index contributed by atoms with van der Waals surface area (Å²) in [5.74, 6) is -2.08. The third-order valence-corrected chi connectivity index (χ3v) is 3.16. The quantitative estimate of drug-likeness (QED) is 0.852. The summed E-state index contributed by atoms with van der Waals surface area (Å²) in [6, 6.07) is 9.82. The molecule has 1 amide bonds. The molecular weight excluding hydrogens is 288 g/mol. The van der Waals surface area contributed by atoms with Crippen molar-refractivity contribution in [3.05, 3.63) is 65.2 Å². The Hall–Kier alpha value is -2.56. The summed E-state index contributed by atoms with van der Waals surface area (Å²) < 4.78 is 26.4. The van der Waals surface area contributed by atoms with Crippen LogP contribution >= 0.6 is 0 Å². The molecule has 0 saturated heterocycles. The molecule has 5 heteroatoms. The highest BCUT2D eigenvalue weighted by atomic mass is 19.1. The minimum absolute atomic E-state index is 0.00578. The second-order valence-electron chi connectivity index (χ2n) is 4.96. The number of hydrogen-bond acceptors (Lipinski definition) is 2. The van der Waals surface area contributed by atoms with Crippen molar-refractivity contribution in [3.63, 3.8) is 0 Å². The van der Waals surface area contributed by atoms with Crippen LogP contribution in [0.3, 0.4) is 0 Å². The summed E-state index contributed by atoms with van der Waals surface area (Å²) in [4.78, 5) is 23.6. The maximum atomic E-state index is 13.4. The predicted molar refractivity (Wildman–Crippen MR) is 79.7 cm³/mol. The van der Waals surface area contributed by atoms with E-state index in [2.05, 4.69) is 5.32 Å². The minimum Gasteiger partial charge on any atom is -0.324 e. The van der Waals surface area contributed by atoms with Gasteiger partial charge in [0.15, 0.2) is 5.78 Å². The van der Waals surface area contributed by atoms with Crippen LogP contribution in [0.1, 0.15) is 28.8 Å². The van der Waals surface area contributed by atoms with Gasteiger partial charge in [0, 0.05) is 24.5 Å². The van der Waals surface area contributed by atoms with Crippen molar-refractivity contribution in [1.82, 2.24) is 0 Å². The van der Waals surface area contributed by atoms with Gasteiger partial charge in [-0.1, -0.05) is 29.8 Å². The first-order chi connectivity index (χ1) is 10.5. The van der Waals surface area contributed by atoms with Crippen molar-refractivity contribution in [3.8, 4) is 0 Å². The molecule has 3 nitrogen and oxygen atoms in total. The molecule has 2 rings (SSSR count). The number of carbonyl (C=O) groups is 2. The van der Waals surface area contributed by atoms with Crippen LogP contribution in [0.2, 0.25) is 0 Å². The van der Waals surface area contributed by atoms with Crippen LogP contribution in [0, 0.1) is 18.6 Å². The van der Waals surface area contributed by atoms with E-state index in [4.69, 9.17) is 0 Å². The van der Waals surface area contributed by atoms with E-state index in [0.29, 0.717) is 5.56 Å². The summed E-state index contributed by atoms with van der Waals surface area (Å²) in [5.41, 5.74) is 1.33. The van der Waals surface area contributed by atoms with Gasteiger partial charge >= 0.3 is 0 Å². The highest BCUT2D eigenvalue weighted by molar-refractivity contribution is 6.00. The van der Waals surface area contributed by atoms with Crippen LogP contribution in [0.4, 0.5) is 14.5 Å². The highest BCUT2D eigenvalue weighted by Gasteiger charge is 2.11. The van der Waals surface area contributed by atoms with Crippen molar-refractivity contribution in [1.29, 1.82) is 0 Å². The predicted octanol–water partition coefficient (Wildman–Crippen LogP) is 3.87. The number of carbonyl (C=O) groups excluding carboxylic acids is 2. The van der Waals surface area contributed by atoms with E-state index >= 15 is 0 Å². The van der Waals surface area contributed by atoms with Gasteiger partial charge in [-0.25, -0.2) is 8.78 Å². The van der Waals surface area contributed by atoms with Gasteiger partial charge in [-0.2, -0.15) is 0 Å². The fraction of sp³-hybridized carbons (Fsp3) is 0.176. The van der Waals surface area contributed by atoms with Crippen molar-refractivity contribution in [2.75, 3.05) is 5.32 Å². The lowest BCUT2D eigenvalue weighted by molar-refractivity contribution is -0.116. The number of anilines is 1. The van der Waals surface area contributed by atoms with Gasteiger partial charge in [-0.05, 0) is 19.1 Å². The number of aryl methyl sites for hydroxylation is 1. The van der Waals surface area contributed by atoms with E-state index in [-0.39, 0.29) is 24.3 Å². The molecule has 0 aromatic heterocycles. The highest BCUT2D eigenvalue weighted by Crippen LogP contribution is 2.16. The normalized spacial score (nSPS) is 10.3. The standard InChI is InChI=1S/C17H15F2NO2/c1-11-2-4-12(5-3-11)16(21)8-9-17(22)20-15-10-13(18)6-7-14(15)19/h2-7,10H,8-9H2,1H3,(H,20,22). The Morgan fingerprint density at radius 3 is 2.36 bits per heavy atom. The van der Waals surface area contributed by atoms with Gasteiger partial charge in [0.1, 0.15) is 11.6 Å². The number of benzene rings is 2. The van der Waals surface area contributed by atoms with Crippen LogP contribution in [-0.2, 0) is 4.79 Å². The molecule has 1 N–H and O–H groups in total. The lowest BCUT2D eigenvalue weighted by atomic mass is 10.0. The monoisotopic (exact) mass is 303 g/mol. The van der Waals surface area contributed by atoms with E-state index < -0.39 is 17.5 Å². The molecule has 0 unspecified atom stereocenters. The third kappa shape index (κ3) is 4.22. The lowest BCUT2D eigenvalue weighted by Crippen LogP contribution is -2.14. The Kier molecular flexibility index (Phi) is 4.99. The largest absolute Gasteiger partial charge is 0.324 e. The fourth-order valence-electron chi connectivity index (χ4n) is 1.92. The molecule has 0 saturated carbocycles. The lowest BCUT2D eigenvalue weighted by Gasteiger charge is -2.06. The number of halogens is 2. The molecule has 114 valence electrons. The van der Waals surface area contributed by atoms with Crippen LogP contribution in [0.25, 0.3) is 0 Å². The Bertz CT molecular complexity index is 696. The molecule has 0 spiro atoms. The number of nitrogens with one attached hydrogen (secondary N) is 1. The molecule has 0 aliphatic heterocycles. The van der Waals surface area contributed by atoms with Gasteiger partial charge in [0.05, 0.1) is 5.69 Å². The van der Waals surface area contributed by atoms with Gasteiger partial charge in [0.25, 0.3) is 0 Å². The first kappa shape index (κ1) is 15.8. The smallest absolute Gasteiger partial charge is 0.224 e.